The van der Waals surface area contributed by atoms with E-state index in [1.54, 1.807) is 12.1 Å². The summed E-state index contributed by atoms with van der Waals surface area (Å²) in [6.07, 6.45) is -0.995. The van der Waals surface area contributed by atoms with Crippen LogP contribution in [-0.4, -0.2) is 23.4 Å². The van der Waals surface area contributed by atoms with E-state index >= 15 is 0 Å². The molecule has 3 N–H and O–H groups in total. The number of amides is 1. The summed E-state index contributed by atoms with van der Waals surface area (Å²) >= 11 is 4.02. The summed E-state index contributed by atoms with van der Waals surface area (Å²) in [4.78, 5) is 9.26. The van der Waals surface area contributed by atoms with Crippen molar-refractivity contribution in [1.82, 2.24) is 5.32 Å². The Bertz CT molecular complexity index is 291. The highest BCUT2D eigenvalue weighted by Crippen LogP contribution is 2.16. The predicted molar refractivity (Wildman–Crippen MR) is 57.9 cm³/mol. The minimum atomic E-state index is -0.995. The first-order valence-corrected chi connectivity index (χ1v) is 4.53. The topological polar surface area (TPSA) is 69.6 Å². The normalized spacial score (nSPS) is 8.43. The number of carbonyl (C=O) groups is 1. The minimum absolute atomic E-state index is 0.326. The van der Waals surface area contributed by atoms with Crippen molar-refractivity contribution in [2.24, 2.45) is 0 Å². The third-order valence-corrected chi connectivity index (χ3v) is 1.72. The number of nitrogens with one attached hydrogen (secondary N) is 1. The molecule has 14 heavy (non-hydrogen) atoms. The number of rotatable bonds is 1. The first kappa shape index (κ1) is 12.6. The highest BCUT2D eigenvalue weighted by Gasteiger charge is 1.93. The largest absolute Gasteiger partial charge is 0.508 e. The monoisotopic (exact) mass is 215 g/mol. The third-order valence-electron chi connectivity index (χ3n) is 1.38. The zero-order valence-electron chi connectivity index (χ0n) is 7.77. The summed E-state index contributed by atoms with van der Waals surface area (Å²) in [5.74, 6) is 0.916. The molecule has 78 valence electrons. The van der Waals surface area contributed by atoms with Gasteiger partial charge in [-0.2, -0.15) is 12.6 Å². The Morgan fingerprint density at radius 1 is 1.50 bits per heavy atom. The van der Waals surface area contributed by atoms with E-state index in [1.165, 1.54) is 7.05 Å². The molecule has 0 spiro atoms. The quantitative estimate of drug-likeness (QED) is 0.539. The summed E-state index contributed by atoms with van der Waals surface area (Å²) < 4.78 is 0. The van der Waals surface area contributed by atoms with E-state index in [4.69, 9.17) is 10.2 Å². The summed E-state index contributed by atoms with van der Waals surface area (Å²) in [6, 6.07) is 7.18. The smallest absolute Gasteiger partial charge is 0.404 e. The first-order chi connectivity index (χ1) is 6.61. The molecule has 1 aromatic carbocycles. The molecule has 0 atom stereocenters. The summed E-state index contributed by atoms with van der Waals surface area (Å²) in [5.41, 5.74) is 0.876. The molecule has 1 rings (SSSR count). The van der Waals surface area contributed by atoms with Gasteiger partial charge in [0, 0.05) is 18.4 Å². The number of hydrogen-bond acceptors (Lipinski definition) is 3. The maximum atomic E-state index is 9.26. The molecular weight excluding hydrogens is 202 g/mol. The molecule has 0 bridgehead atoms. The van der Waals surface area contributed by atoms with Crippen LogP contribution < -0.4 is 5.32 Å². The molecule has 0 heterocycles. The highest BCUT2D eigenvalue weighted by molar-refractivity contribution is 7.79. The zero-order chi connectivity index (χ0) is 11.0. The van der Waals surface area contributed by atoms with Crippen molar-refractivity contribution in [3.63, 3.8) is 0 Å². The Morgan fingerprint density at radius 2 is 2.00 bits per heavy atom. The molecule has 5 heteroatoms. The lowest BCUT2D eigenvalue weighted by molar-refractivity contribution is 0.197. The van der Waals surface area contributed by atoms with Crippen LogP contribution in [0.2, 0.25) is 0 Å². The number of para-hydroxylation sites is 1. The number of phenols is 1. The Kier molecular flexibility index (Phi) is 6.39. The fourth-order valence-corrected chi connectivity index (χ4v) is 0.912. The van der Waals surface area contributed by atoms with E-state index in [0.29, 0.717) is 11.5 Å². The van der Waals surface area contributed by atoms with Gasteiger partial charge in [-0.15, -0.1) is 0 Å². The van der Waals surface area contributed by atoms with Crippen LogP contribution in [0.1, 0.15) is 5.56 Å². The predicted octanol–water partition coefficient (Wildman–Crippen LogP) is 1.71. The van der Waals surface area contributed by atoms with E-state index < -0.39 is 6.09 Å². The van der Waals surface area contributed by atoms with Gasteiger partial charge in [-0.05, 0) is 6.07 Å². The lowest BCUT2D eigenvalue weighted by atomic mass is 10.2. The number of hydrogen-bond donors (Lipinski definition) is 4. The molecular formula is C9H13NO3S. The Morgan fingerprint density at radius 3 is 2.29 bits per heavy atom. The molecule has 1 amide bonds. The number of aromatic hydroxyl groups is 1. The van der Waals surface area contributed by atoms with Crippen molar-refractivity contribution < 1.29 is 15.0 Å². The van der Waals surface area contributed by atoms with Gasteiger partial charge in [0.2, 0.25) is 0 Å². The number of benzene rings is 1. The van der Waals surface area contributed by atoms with Crippen molar-refractivity contribution in [2.45, 2.75) is 5.75 Å². The van der Waals surface area contributed by atoms with Crippen molar-refractivity contribution in [3.8, 4) is 5.75 Å². The molecule has 0 aromatic heterocycles. The van der Waals surface area contributed by atoms with Gasteiger partial charge in [0.15, 0.2) is 0 Å². The second-order valence-electron chi connectivity index (χ2n) is 2.34. The average molecular weight is 215 g/mol. The van der Waals surface area contributed by atoms with Crippen LogP contribution in [0.4, 0.5) is 4.79 Å². The molecule has 0 aliphatic carbocycles. The number of carboxylic acid groups (broad SMARTS) is 1. The van der Waals surface area contributed by atoms with E-state index in [9.17, 15) is 4.79 Å². The van der Waals surface area contributed by atoms with Gasteiger partial charge in [0.1, 0.15) is 5.75 Å². The second-order valence-corrected chi connectivity index (χ2v) is 2.66. The minimum Gasteiger partial charge on any atom is -0.508 e. The van der Waals surface area contributed by atoms with Crippen molar-refractivity contribution in [1.29, 1.82) is 0 Å². The maximum Gasteiger partial charge on any atom is 0.404 e. The summed E-state index contributed by atoms with van der Waals surface area (Å²) in [7, 11) is 1.35. The van der Waals surface area contributed by atoms with E-state index in [-0.39, 0.29) is 0 Å². The van der Waals surface area contributed by atoms with Crippen LogP contribution in [-0.2, 0) is 5.75 Å². The molecule has 0 fully saturated rings. The van der Waals surface area contributed by atoms with Gasteiger partial charge in [-0.25, -0.2) is 4.79 Å². The molecule has 0 aliphatic heterocycles. The summed E-state index contributed by atoms with van der Waals surface area (Å²) in [6.45, 7) is 0. The van der Waals surface area contributed by atoms with Crippen LogP contribution in [0.25, 0.3) is 0 Å². The fraction of sp³-hybridized carbons (Fsp3) is 0.222. The molecule has 4 nitrogen and oxygen atoms in total. The fourth-order valence-electron chi connectivity index (χ4n) is 0.645. The Balaban J connectivity index is 0.000000292. The lowest BCUT2D eigenvalue weighted by Gasteiger charge is -1.96. The van der Waals surface area contributed by atoms with Gasteiger partial charge in [0.25, 0.3) is 0 Å². The van der Waals surface area contributed by atoms with Crippen LogP contribution in [0.5, 0.6) is 5.75 Å². The van der Waals surface area contributed by atoms with E-state index in [2.05, 4.69) is 12.6 Å². The molecule has 0 aliphatic rings. The Hall–Kier alpha value is -1.36. The average Bonchev–Trinajstić information content (AvgIpc) is 2.19. The number of thiol groups is 1. The Labute approximate surface area is 88.0 Å². The van der Waals surface area contributed by atoms with Gasteiger partial charge in [-0.3, -0.25) is 0 Å². The standard InChI is InChI=1S/C7H8OS.C2H5NO2/c8-7-4-2-1-3-6(7)5-9;1-3-2(4)5/h1-4,8-9H,5H2;3H,1H3,(H,4,5). The van der Waals surface area contributed by atoms with E-state index in [1.807, 2.05) is 17.4 Å². The molecule has 0 radical (unpaired) electrons. The van der Waals surface area contributed by atoms with Gasteiger partial charge < -0.3 is 15.5 Å². The SMILES string of the molecule is CNC(=O)O.Oc1ccccc1CS. The lowest BCUT2D eigenvalue weighted by Crippen LogP contribution is -2.13. The van der Waals surface area contributed by atoms with Gasteiger partial charge >= 0.3 is 6.09 Å². The molecule has 0 unspecified atom stereocenters. The van der Waals surface area contributed by atoms with Gasteiger partial charge in [0.05, 0.1) is 0 Å². The number of phenolic OH excluding ortho intramolecular Hbond substituents is 1. The van der Waals surface area contributed by atoms with E-state index in [0.717, 1.165) is 5.56 Å². The van der Waals surface area contributed by atoms with Crippen LogP contribution in [0, 0.1) is 0 Å². The summed E-state index contributed by atoms with van der Waals surface area (Å²) in [5, 5.41) is 18.6. The third kappa shape index (κ3) is 5.31. The highest BCUT2D eigenvalue weighted by atomic mass is 32.1. The van der Waals surface area contributed by atoms with Crippen LogP contribution >= 0.6 is 12.6 Å². The van der Waals surface area contributed by atoms with Crippen molar-refractivity contribution >= 4 is 18.7 Å². The van der Waals surface area contributed by atoms with Crippen molar-refractivity contribution in [2.75, 3.05) is 7.05 Å². The van der Waals surface area contributed by atoms with Crippen LogP contribution in [0.15, 0.2) is 24.3 Å². The second kappa shape index (κ2) is 7.08. The molecule has 1 aromatic rings. The molecule has 0 saturated carbocycles. The van der Waals surface area contributed by atoms with Crippen molar-refractivity contribution in [3.05, 3.63) is 29.8 Å². The molecule has 0 saturated heterocycles. The first-order valence-electron chi connectivity index (χ1n) is 3.90. The van der Waals surface area contributed by atoms with Crippen LogP contribution in [0.3, 0.4) is 0 Å². The van der Waals surface area contributed by atoms with Gasteiger partial charge in [-0.1, -0.05) is 18.2 Å². The maximum absolute atomic E-state index is 9.26. The zero-order valence-corrected chi connectivity index (χ0v) is 8.66.